The lowest BCUT2D eigenvalue weighted by Gasteiger charge is -2.29. The molecule has 136 valence electrons. The third-order valence-corrected chi connectivity index (χ3v) is 5.25. The van der Waals surface area contributed by atoms with Crippen molar-refractivity contribution >= 4 is 23.2 Å². The zero-order chi connectivity index (χ0) is 18.8. The van der Waals surface area contributed by atoms with Crippen LogP contribution in [0.3, 0.4) is 0 Å². The van der Waals surface area contributed by atoms with Crippen LogP contribution < -0.4 is 10.5 Å². The second-order valence-corrected chi connectivity index (χ2v) is 7.07. The number of anilines is 1. The maximum absolute atomic E-state index is 13.1. The quantitative estimate of drug-likeness (QED) is 0.687. The Morgan fingerprint density at radius 1 is 1.00 bits per heavy atom. The molecule has 2 heterocycles. The maximum atomic E-state index is 13.1. The van der Waals surface area contributed by atoms with Gasteiger partial charge >= 0.3 is 0 Å². The summed E-state index contributed by atoms with van der Waals surface area (Å²) in [6.07, 6.45) is 3.54. The second kappa shape index (κ2) is 7.41. The molecule has 0 N–H and O–H groups in total. The first kappa shape index (κ1) is 17.6. The van der Waals surface area contributed by atoms with Crippen molar-refractivity contribution in [2.75, 3.05) is 11.4 Å². The molecule has 27 heavy (non-hydrogen) atoms. The summed E-state index contributed by atoms with van der Waals surface area (Å²) in [5.74, 6) is -0.0879. The van der Waals surface area contributed by atoms with E-state index in [4.69, 9.17) is 11.6 Å². The van der Waals surface area contributed by atoms with Crippen molar-refractivity contribution < 1.29 is 4.79 Å². The summed E-state index contributed by atoms with van der Waals surface area (Å²) in [6, 6.07) is 18.4. The van der Waals surface area contributed by atoms with E-state index in [1.807, 2.05) is 36.4 Å². The first-order valence-electron chi connectivity index (χ1n) is 8.97. The smallest absolute Gasteiger partial charge is 0.259 e. The molecule has 0 saturated carbocycles. The van der Waals surface area contributed by atoms with Gasteiger partial charge < -0.3 is 9.47 Å². The van der Waals surface area contributed by atoms with Gasteiger partial charge in [-0.05, 0) is 42.2 Å². The number of para-hydroxylation sites is 1. The highest BCUT2D eigenvalue weighted by molar-refractivity contribution is 6.31. The van der Waals surface area contributed by atoms with E-state index in [-0.39, 0.29) is 11.5 Å². The Morgan fingerprint density at radius 3 is 2.63 bits per heavy atom. The molecule has 1 aliphatic rings. The standard InChI is InChI=1S/C22H19ClN2O2/c23-19-9-3-1-7-17(19)14-24-15-18(11-12-21(24)26)22(27)25-13-5-8-16-6-2-4-10-20(16)25/h1-4,6-7,9-12,15H,5,8,13-14H2. The Morgan fingerprint density at radius 2 is 1.78 bits per heavy atom. The summed E-state index contributed by atoms with van der Waals surface area (Å²) in [7, 11) is 0. The Balaban J connectivity index is 1.66. The number of carbonyl (C=O) groups is 1. The number of carbonyl (C=O) groups excluding carboxylic acids is 1. The van der Waals surface area contributed by atoms with E-state index in [1.54, 1.807) is 23.2 Å². The van der Waals surface area contributed by atoms with Crippen molar-refractivity contribution in [3.8, 4) is 0 Å². The molecule has 1 aromatic heterocycles. The molecule has 0 saturated heterocycles. The Bertz CT molecular complexity index is 1060. The van der Waals surface area contributed by atoms with Crippen LogP contribution in [0.1, 0.15) is 27.9 Å². The van der Waals surface area contributed by atoms with Gasteiger partial charge in [0.25, 0.3) is 11.5 Å². The number of aryl methyl sites for hydroxylation is 1. The minimum atomic E-state index is -0.162. The van der Waals surface area contributed by atoms with Gasteiger partial charge in [-0.3, -0.25) is 9.59 Å². The van der Waals surface area contributed by atoms with Gasteiger partial charge in [0.1, 0.15) is 0 Å². The molecule has 0 fully saturated rings. The number of aromatic nitrogens is 1. The van der Waals surface area contributed by atoms with E-state index in [0.717, 1.165) is 24.1 Å². The predicted octanol–water partition coefficient (Wildman–Crippen LogP) is 4.14. The first-order valence-corrected chi connectivity index (χ1v) is 9.35. The van der Waals surface area contributed by atoms with Gasteiger partial charge in [0.2, 0.25) is 0 Å². The van der Waals surface area contributed by atoms with E-state index in [9.17, 15) is 9.59 Å². The Hall–Kier alpha value is -2.85. The normalized spacial score (nSPS) is 13.3. The summed E-state index contributed by atoms with van der Waals surface area (Å²) in [5, 5.41) is 0.603. The molecule has 0 unspecified atom stereocenters. The maximum Gasteiger partial charge on any atom is 0.259 e. The van der Waals surface area contributed by atoms with E-state index in [0.29, 0.717) is 23.7 Å². The number of amides is 1. The molecule has 4 nitrogen and oxygen atoms in total. The third-order valence-electron chi connectivity index (χ3n) is 4.88. The van der Waals surface area contributed by atoms with Crippen molar-refractivity contribution in [2.24, 2.45) is 0 Å². The summed E-state index contributed by atoms with van der Waals surface area (Å²) in [5.41, 5.74) is 3.32. The molecular weight excluding hydrogens is 360 g/mol. The summed E-state index contributed by atoms with van der Waals surface area (Å²) in [4.78, 5) is 27.2. The van der Waals surface area contributed by atoms with Crippen LogP contribution in [0.15, 0.2) is 71.7 Å². The number of pyridine rings is 1. The predicted molar refractivity (Wildman–Crippen MR) is 108 cm³/mol. The molecule has 1 aliphatic heterocycles. The van der Waals surface area contributed by atoms with Gasteiger partial charge in [0.05, 0.1) is 12.1 Å². The summed E-state index contributed by atoms with van der Waals surface area (Å²) >= 11 is 6.22. The zero-order valence-electron chi connectivity index (χ0n) is 14.8. The number of fused-ring (bicyclic) bond motifs is 1. The van der Waals surface area contributed by atoms with E-state index < -0.39 is 0 Å². The summed E-state index contributed by atoms with van der Waals surface area (Å²) in [6.45, 7) is 1.01. The average Bonchev–Trinajstić information content (AvgIpc) is 2.70. The van der Waals surface area contributed by atoms with Crippen LogP contribution in [0.4, 0.5) is 5.69 Å². The van der Waals surface area contributed by atoms with Crippen molar-refractivity contribution in [3.05, 3.63) is 98.9 Å². The SMILES string of the molecule is O=C(c1ccc(=O)n(Cc2ccccc2Cl)c1)N1CCCc2ccccc21. The van der Waals surface area contributed by atoms with Crippen LogP contribution in [0.25, 0.3) is 0 Å². The van der Waals surface area contributed by atoms with Gasteiger partial charge in [0.15, 0.2) is 0 Å². The van der Waals surface area contributed by atoms with Crippen molar-refractivity contribution in [1.29, 1.82) is 0 Å². The van der Waals surface area contributed by atoms with Crippen LogP contribution in [0.2, 0.25) is 5.02 Å². The molecule has 1 amide bonds. The fraction of sp³-hybridized carbons (Fsp3) is 0.182. The highest BCUT2D eigenvalue weighted by Crippen LogP contribution is 2.28. The third kappa shape index (κ3) is 3.53. The number of benzene rings is 2. The van der Waals surface area contributed by atoms with Gasteiger partial charge in [-0.25, -0.2) is 0 Å². The molecule has 0 atom stereocenters. The van der Waals surface area contributed by atoms with Crippen LogP contribution in [0.5, 0.6) is 0 Å². The van der Waals surface area contributed by atoms with Crippen molar-refractivity contribution in [2.45, 2.75) is 19.4 Å². The van der Waals surface area contributed by atoms with Crippen LogP contribution >= 0.6 is 11.6 Å². The fourth-order valence-electron chi connectivity index (χ4n) is 3.49. The average molecular weight is 379 g/mol. The Labute approximate surface area is 162 Å². The second-order valence-electron chi connectivity index (χ2n) is 6.66. The molecule has 0 aliphatic carbocycles. The minimum absolute atomic E-state index is 0.0879. The van der Waals surface area contributed by atoms with Gasteiger partial charge in [-0.15, -0.1) is 0 Å². The van der Waals surface area contributed by atoms with E-state index in [2.05, 4.69) is 6.07 Å². The molecule has 2 aromatic carbocycles. The Kier molecular flexibility index (Phi) is 4.82. The lowest BCUT2D eigenvalue weighted by atomic mass is 10.0. The highest BCUT2D eigenvalue weighted by atomic mass is 35.5. The molecule has 3 aromatic rings. The number of halogens is 1. The van der Waals surface area contributed by atoms with Crippen LogP contribution in [-0.2, 0) is 13.0 Å². The largest absolute Gasteiger partial charge is 0.310 e. The molecule has 0 bridgehead atoms. The topological polar surface area (TPSA) is 42.3 Å². The van der Waals surface area contributed by atoms with Crippen molar-refractivity contribution in [3.63, 3.8) is 0 Å². The van der Waals surface area contributed by atoms with Crippen molar-refractivity contribution in [1.82, 2.24) is 4.57 Å². The van der Waals surface area contributed by atoms with E-state index in [1.165, 1.54) is 16.2 Å². The lowest BCUT2D eigenvalue weighted by Crippen LogP contribution is -2.36. The molecule has 4 rings (SSSR count). The molecule has 5 heteroatoms. The number of hydrogen-bond acceptors (Lipinski definition) is 2. The zero-order valence-corrected chi connectivity index (χ0v) is 15.5. The number of nitrogens with zero attached hydrogens (tertiary/aromatic N) is 2. The van der Waals surface area contributed by atoms with Gasteiger partial charge in [0, 0.05) is 29.5 Å². The van der Waals surface area contributed by atoms with Crippen LogP contribution in [-0.4, -0.2) is 17.0 Å². The van der Waals surface area contributed by atoms with Gasteiger partial charge in [-0.1, -0.05) is 48.0 Å². The highest BCUT2D eigenvalue weighted by Gasteiger charge is 2.23. The first-order chi connectivity index (χ1) is 13.1. The lowest BCUT2D eigenvalue weighted by molar-refractivity contribution is 0.0984. The summed E-state index contributed by atoms with van der Waals surface area (Å²) < 4.78 is 1.53. The van der Waals surface area contributed by atoms with Crippen LogP contribution in [0, 0.1) is 0 Å². The number of rotatable bonds is 3. The monoisotopic (exact) mass is 378 g/mol. The molecule has 0 radical (unpaired) electrons. The van der Waals surface area contributed by atoms with E-state index >= 15 is 0 Å². The fourth-order valence-corrected chi connectivity index (χ4v) is 3.69. The number of hydrogen-bond donors (Lipinski definition) is 0. The molecule has 0 spiro atoms. The van der Waals surface area contributed by atoms with Gasteiger partial charge in [-0.2, -0.15) is 0 Å². The molecular formula is C22H19ClN2O2. The minimum Gasteiger partial charge on any atom is -0.310 e.